The maximum Gasteiger partial charge on any atom is 0.309 e. The summed E-state index contributed by atoms with van der Waals surface area (Å²) in [7, 11) is 0. The number of carboxylic acid groups (broad SMARTS) is 1. The molecule has 84 valence electrons. The molecule has 0 aliphatic heterocycles. The highest BCUT2D eigenvalue weighted by Gasteiger charge is 2.64. The molecule has 4 bridgehead atoms. The van der Waals surface area contributed by atoms with Gasteiger partial charge in [-0.3, -0.25) is 4.79 Å². The van der Waals surface area contributed by atoms with E-state index >= 15 is 0 Å². The second-order valence-electron chi connectivity index (χ2n) is 6.63. The summed E-state index contributed by atoms with van der Waals surface area (Å²) in [6.45, 7) is 2.15. The fourth-order valence-electron chi connectivity index (χ4n) is 5.10. The Morgan fingerprint density at radius 2 is 1.93 bits per heavy atom. The molecule has 0 aromatic carbocycles. The molecule has 4 saturated carbocycles. The normalized spacial score (nSPS) is 57.1. The van der Waals surface area contributed by atoms with Crippen LogP contribution in [0.15, 0.2) is 0 Å². The highest BCUT2D eigenvalue weighted by atomic mass is 16.4. The van der Waals surface area contributed by atoms with E-state index < -0.39 is 17.0 Å². The smallest absolute Gasteiger partial charge is 0.309 e. The third-order valence-corrected chi connectivity index (χ3v) is 4.77. The van der Waals surface area contributed by atoms with E-state index in [2.05, 4.69) is 6.92 Å². The molecule has 4 aliphatic carbocycles. The summed E-state index contributed by atoms with van der Waals surface area (Å²) < 4.78 is 0. The summed E-state index contributed by atoms with van der Waals surface area (Å²) in [6, 6.07) is 0. The maximum atomic E-state index is 11.4. The van der Waals surface area contributed by atoms with Gasteiger partial charge in [-0.2, -0.15) is 0 Å². The van der Waals surface area contributed by atoms with Crippen molar-refractivity contribution in [1.29, 1.82) is 0 Å². The molecular weight excluding hydrogens is 192 g/mol. The second kappa shape index (κ2) is 2.40. The van der Waals surface area contributed by atoms with Crippen molar-refractivity contribution in [3.63, 3.8) is 0 Å². The van der Waals surface area contributed by atoms with E-state index in [1.807, 2.05) is 0 Å². The molecular formula is C12H18O3. The average molecular weight is 210 g/mol. The quantitative estimate of drug-likeness (QED) is 0.693. The van der Waals surface area contributed by atoms with Gasteiger partial charge in [0.2, 0.25) is 0 Å². The Balaban J connectivity index is 2.05. The van der Waals surface area contributed by atoms with E-state index in [9.17, 15) is 15.0 Å². The number of aliphatic hydroxyl groups is 1. The van der Waals surface area contributed by atoms with Gasteiger partial charge in [-0.1, -0.05) is 6.92 Å². The van der Waals surface area contributed by atoms with Gasteiger partial charge in [0, 0.05) is 0 Å². The molecule has 0 unspecified atom stereocenters. The van der Waals surface area contributed by atoms with Gasteiger partial charge in [0.15, 0.2) is 0 Å². The van der Waals surface area contributed by atoms with Gasteiger partial charge in [0.25, 0.3) is 0 Å². The molecule has 3 nitrogen and oxygen atoms in total. The number of carboxylic acids is 1. The van der Waals surface area contributed by atoms with Gasteiger partial charge >= 0.3 is 5.97 Å². The number of rotatable bonds is 1. The first-order valence-electron chi connectivity index (χ1n) is 5.81. The van der Waals surface area contributed by atoms with Crippen LogP contribution in [0.25, 0.3) is 0 Å². The van der Waals surface area contributed by atoms with Gasteiger partial charge in [-0.05, 0) is 49.9 Å². The van der Waals surface area contributed by atoms with Gasteiger partial charge in [0.1, 0.15) is 0 Å². The van der Waals surface area contributed by atoms with Crippen LogP contribution in [0.4, 0.5) is 0 Å². The summed E-state index contributed by atoms with van der Waals surface area (Å²) in [5, 5.41) is 19.8. The zero-order valence-corrected chi connectivity index (χ0v) is 9.12. The number of hydrogen-bond donors (Lipinski definition) is 2. The Kier molecular flexibility index (Phi) is 1.54. The predicted molar refractivity (Wildman–Crippen MR) is 54.3 cm³/mol. The Labute approximate surface area is 89.5 Å². The first kappa shape index (κ1) is 9.64. The first-order valence-corrected chi connectivity index (χ1v) is 5.81. The molecule has 0 aromatic rings. The van der Waals surface area contributed by atoms with E-state index in [0.717, 1.165) is 32.1 Å². The summed E-state index contributed by atoms with van der Waals surface area (Å²) in [6.07, 6.45) is 4.81. The molecule has 0 heterocycles. The lowest BCUT2D eigenvalue weighted by Crippen LogP contribution is -2.61. The Hall–Kier alpha value is -0.570. The lowest BCUT2D eigenvalue weighted by molar-refractivity contribution is -0.209. The molecule has 15 heavy (non-hydrogen) atoms. The van der Waals surface area contributed by atoms with Crippen LogP contribution >= 0.6 is 0 Å². The summed E-state index contributed by atoms with van der Waals surface area (Å²) in [5.74, 6) is -0.247. The van der Waals surface area contributed by atoms with Crippen molar-refractivity contribution >= 4 is 5.97 Å². The topological polar surface area (TPSA) is 57.5 Å². The molecule has 3 heteroatoms. The summed E-state index contributed by atoms with van der Waals surface area (Å²) in [4.78, 5) is 11.4. The molecule has 0 amide bonds. The molecule has 0 saturated heterocycles. The van der Waals surface area contributed by atoms with Crippen LogP contribution in [0.3, 0.4) is 0 Å². The maximum absolute atomic E-state index is 11.4. The number of aliphatic carboxylic acids is 1. The van der Waals surface area contributed by atoms with Crippen molar-refractivity contribution in [1.82, 2.24) is 0 Å². The Bertz CT molecular complexity index is 318. The fraction of sp³-hybridized carbons (Fsp3) is 0.917. The molecule has 4 rings (SSSR count). The molecule has 4 aliphatic rings. The zero-order chi connectivity index (χ0) is 10.9. The van der Waals surface area contributed by atoms with Gasteiger partial charge in [-0.25, -0.2) is 0 Å². The summed E-state index contributed by atoms with van der Waals surface area (Å²) >= 11 is 0. The lowest BCUT2D eigenvalue weighted by Gasteiger charge is -2.62. The highest BCUT2D eigenvalue weighted by molar-refractivity contribution is 5.75. The van der Waals surface area contributed by atoms with Crippen LogP contribution in [-0.2, 0) is 4.79 Å². The van der Waals surface area contributed by atoms with Crippen molar-refractivity contribution in [2.24, 2.45) is 16.7 Å². The molecule has 0 aromatic heterocycles. The van der Waals surface area contributed by atoms with E-state index in [4.69, 9.17) is 0 Å². The van der Waals surface area contributed by atoms with Crippen molar-refractivity contribution in [2.45, 2.75) is 51.0 Å². The van der Waals surface area contributed by atoms with Gasteiger partial charge < -0.3 is 10.2 Å². The SMILES string of the molecule is C[C@@]12C[C@H]3C[C@@](O)(C1)C[C@](C(=O)O)(C3)C2. The molecule has 0 spiro atoms. The van der Waals surface area contributed by atoms with Crippen molar-refractivity contribution in [3.05, 3.63) is 0 Å². The monoisotopic (exact) mass is 210 g/mol. The van der Waals surface area contributed by atoms with Crippen LogP contribution in [0.2, 0.25) is 0 Å². The Morgan fingerprint density at radius 1 is 1.20 bits per heavy atom. The molecule has 0 radical (unpaired) electrons. The zero-order valence-electron chi connectivity index (χ0n) is 9.12. The minimum absolute atomic E-state index is 0.0759. The van der Waals surface area contributed by atoms with Crippen LogP contribution < -0.4 is 0 Å². The van der Waals surface area contributed by atoms with Gasteiger partial charge in [0.05, 0.1) is 11.0 Å². The molecule has 4 atom stereocenters. The average Bonchev–Trinajstić information content (AvgIpc) is 1.95. The highest BCUT2D eigenvalue weighted by Crippen LogP contribution is 2.66. The molecule has 4 fully saturated rings. The minimum atomic E-state index is -0.684. The van der Waals surface area contributed by atoms with Crippen LogP contribution in [-0.4, -0.2) is 21.8 Å². The van der Waals surface area contributed by atoms with E-state index in [1.165, 1.54) is 0 Å². The molecule has 2 N–H and O–H groups in total. The first-order chi connectivity index (χ1) is 6.85. The standard InChI is InChI=1S/C12H18O3/c1-10-2-8-3-11(5-10,9(13)14)7-12(15,4-8)6-10/h8,15H,2-7H2,1H3,(H,13,14)/t8-,10+,11+,12-/m1/s1. The van der Waals surface area contributed by atoms with Crippen molar-refractivity contribution in [3.8, 4) is 0 Å². The predicted octanol–water partition coefficient (Wildman–Crippen LogP) is 1.79. The largest absolute Gasteiger partial charge is 0.481 e. The lowest BCUT2D eigenvalue weighted by atomic mass is 9.43. The van der Waals surface area contributed by atoms with Crippen LogP contribution in [0.5, 0.6) is 0 Å². The second-order valence-corrected chi connectivity index (χ2v) is 6.63. The van der Waals surface area contributed by atoms with Crippen molar-refractivity contribution in [2.75, 3.05) is 0 Å². The Morgan fingerprint density at radius 3 is 2.47 bits per heavy atom. The summed E-state index contributed by atoms with van der Waals surface area (Å²) in [5.41, 5.74) is -1.21. The van der Waals surface area contributed by atoms with Crippen molar-refractivity contribution < 1.29 is 15.0 Å². The third-order valence-electron chi connectivity index (χ3n) is 4.77. The number of carbonyl (C=O) groups is 1. The number of hydrogen-bond acceptors (Lipinski definition) is 2. The van der Waals surface area contributed by atoms with Gasteiger partial charge in [-0.15, -0.1) is 0 Å². The van der Waals surface area contributed by atoms with Crippen LogP contribution in [0, 0.1) is 16.7 Å². The minimum Gasteiger partial charge on any atom is -0.481 e. The van der Waals surface area contributed by atoms with E-state index in [0.29, 0.717) is 12.3 Å². The fourth-order valence-corrected chi connectivity index (χ4v) is 5.10. The van der Waals surface area contributed by atoms with E-state index in [1.54, 1.807) is 0 Å². The van der Waals surface area contributed by atoms with Crippen LogP contribution in [0.1, 0.15) is 45.4 Å². The van der Waals surface area contributed by atoms with E-state index in [-0.39, 0.29) is 5.41 Å². The third kappa shape index (κ3) is 1.19.